The molecule has 0 aromatic heterocycles. The third-order valence-corrected chi connectivity index (χ3v) is 2.67. The maximum Gasteiger partial charge on any atom is 0.310 e. The van der Waals surface area contributed by atoms with Crippen LogP contribution in [0.25, 0.3) is 0 Å². The Morgan fingerprint density at radius 2 is 1.72 bits per heavy atom. The molecule has 0 atom stereocenters. The van der Waals surface area contributed by atoms with E-state index in [2.05, 4.69) is 0 Å². The van der Waals surface area contributed by atoms with Gasteiger partial charge in [-0.05, 0) is 24.3 Å². The van der Waals surface area contributed by atoms with Gasteiger partial charge in [0.25, 0.3) is 0 Å². The SMILES string of the molecule is CCC(=O)Oc1ccc(N2C(=O)CCC2=O)cc1. The molecular weight excluding hydrogens is 234 g/mol. The van der Waals surface area contributed by atoms with Crippen LogP contribution in [-0.2, 0) is 14.4 Å². The summed E-state index contributed by atoms with van der Waals surface area (Å²) in [4.78, 5) is 35.3. The summed E-state index contributed by atoms with van der Waals surface area (Å²) in [6, 6.07) is 6.34. The first-order valence-electron chi connectivity index (χ1n) is 5.78. The minimum Gasteiger partial charge on any atom is -0.427 e. The molecule has 0 saturated carbocycles. The third kappa shape index (κ3) is 2.40. The van der Waals surface area contributed by atoms with E-state index < -0.39 is 0 Å². The molecule has 5 nitrogen and oxygen atoms in total. The fraction of sp³-hybridized carbons (Fsp3) is 0.308. The molecule has 1 heterocycles. The van der Waals surface area contributed by atoms with Gasteiger partial charge in [-0.3, -0.25) is 19.3 Å². The highest BCUT2D eigenvalue weighted by Crippen LogP contribution is 2.24. The van der Waals surface area contributed by atoms with Crippen LogP contribution in [0.3, 0.4) is 0 Å². The average Bonchev–Trinajstić information content (AvgIpc) is 2.70. The molecule has 2 rings (SSSR count). The smallest absolute Gasteiger partial charge is 0.310 e. The quantitative estimate of drug-likeness (QED) is 0.463. The number of carbonyl (C=O) groups excluding carboxylic acids is 3. The highest BCUT2D eigenvalue weighted by Gasteiger charge is 2.30. The van der Waals surface area contributed by atoms with Crippen molar-refractivity contribution in [1.29, 1.82) is 0 Å². The van der Waals surface area contributed by atoms with Gasteiger partial charge < -0.3 is 4.74 Å². The van der Waals surface area contributed by atoms with Gasteiger partial charge in [-0.1, -0.05) is 6.92 Å². The van der Waals surface area contributed by atoms with Crippen molar-refractivity contribution in [2.45, 2.75) is 26.2 Å². The molecule has 0 aliphatic carbocycles. The van der Waals surface area contributed by atoms with Gasteiger partial charge in [-0.25, -0.2) is 0 Å². The zero-order valence-corrected chi connectivity index (χ0v) is 10.0. The van der Waals surface area contributed by atoms with E-state index in [9.17, 15) is 14.4 Å². The average molecular weight is 247 g/mol. The first kappa shape index (κ1) is 12.3. The number of hydrogen-bond donors (Lipinski definition) is 0. The standard InChI is InChI=1S/C13H13NO4/c1-2-13(17)18-10-5-3-9(4-6-10)14-11(15)7-8-12(14)16/h3-6H,2,7-8H2,1H3. The fourth-order valence-electron chi connectivity index (χ4n) is 1.73. The lowest BCUT2D eigenvalue weighted by Gasteiger charge is -2.13. The first-order valence-corrected chi connectivity index (χ1v) is 5.78. The third-order valence-electron chi connectivity index (χ3n) is 2.67. The molecule has 1 saturated heterocycles. The Bertz CT molecular complexity index is 476. The number of anilines is 1. The Labute approximate surface area is 104 Å². The Kier molecular flexibility index (Phi) is 3.41. The number of carbonyl (C=O) groups is 3. The van der Waals surface area contributed by atoms with Gasteiger partial charge in [0.1, 0.15) is 5.75 Å². The number of hydrogen-bond acceptors (Lipinski definition) is 4. The minimum atomic E-state index is -0.323. The van der Waals surface area contributed by atoms with Gasteiger partial charge >= 0.3 is 5.97 Å². The van der Waals surface area contributed by atoms with Crippen LogP contribution < -0.4 is 9.64 Å². The lowest BCUT2D eigenvalue weighted by molar-refractivity contribution is -0.134. The highest BCUT2D eigenvalue weighted by atomic mass is 16.5. The summed E-state index contributed by atoms with van der Waals surface area (Å²) in [7, 11) is 0. The molecule has 0 N–H and O–H groups in total. The molecule has 5 heteroatoms. The van der Waals surface area contributed by atoms with Gasteiger partial charge in [-0.2, -0.15) is 0 Å². The summed E-state index contributed by atoms with van der Waals surface area (Å²) >= 11 is 0. The summed E-state index contributed by atoms with van der Waals surface area (Å²) in [5.41, 5.74) is 0.513. The molecule has 1 fully saturated rings. The second kappa shape index (κ2) is 5.00. The lowest BCUT2D eigenvalue weighted by Crippen LogP contribution is -2.28. The van der Waals surface area contributed by atoms with Gasteiger partial charge in [-0.15, -0.1) is 0 Å². The lowest BCUT2D eigenvalue weighted by atomic mass is 10.3. The summed E-state index contributed by atoms with van der Waals surface area (Å²) in [6.45, 7) is 1.71. The van der Waals surface area contributed by atoms with Gasteiger partial charge in [0, 0.05) is 19.3 Å². The first-order chi connectivity index (χ1) is 8.61. The Morgan fingerprint density at radius 1 is 1.17 bits per heavy atom. The van der Waals surface area contributed by atoms with Crippen molar-refractivity contribution in [2.24, 2.45) is 0 Å². The normalized spacial score (nSPS) is 15.1. The Balaban J connectivity index is 2.15. The van der Waals surface area contributed by atoms with E-state index in [4.69, 9.17) is 4.74 Å². The molecule has 2 amide bonds. The maximum atomic E-state index is 11.5. The molecule has 0 bridgehead atoms. The summed E-state index contributed by atoms with van der Waals surface area (Å²) in [5, 5.41) is 0. The van der Waals surface area contributed by atoms with Crippen molar-refractivity contribution in [3.05, 3.63) is 24.3 Å². The highest BCUT2D eigenvalue weighted by molar-refractivity contribution is 6.19. The van der Waals surface area contributed by atoms with Crippen LogP contribution in [0.5, 0.6) is 5.75 Å². The van der Waals surface area contributed by atoms with Crippen molar-refractivity contribution in [3.63, 3.8) is 0 Å². The topological polar surface area (TPSA) is 63.7 Å². The van der Waals surface area contributed by atoms with E-state index in [1.807, 2.05) is 0 Å². The van der Waals surface area contributed by atoms with Crippen LogP contribution in [0.4, 0.5) is 5.69 Å². The number of nitrogens with zero attached hydrogens (tertiary/aromatic N) is 1. The van der Waals surface area contributed by atoms with Gasteiger partial charge in [0.2, 0.25) is 11.8 Å². The van der Waals surface area contributed by atoms with Crippen LogP contribution in [0.15, 0.2) is 24.3 Å². The van der Waals surface area contributed by atoms with E-state index >= 15 is 0 Å². The summed E-state index contributed by atoms with van der Waals surface area (Å²) < 4.78 is 5.01. The van der Waals surface area contributed by atoms with Crippen molar-refractivity contribution >= 4 is 23.5 Å². The molecular formula is C13H13NO4. The van der Waals surface area contributed by atoms with Crippen LogP contribution in [0.1, 0.15) is 26.2 Å². The Hall–Kier alpha value is -2.17. The number of rotatable bonds is 3. The monoisotopic (exact) mass is 247 g/mol. The van der Waals surface area contributed by atoms with E-state index in [0.29, 0.717) is 17.9 Å². The number of ether oxygens (including phenoxy) is 1. The van der Waals surface area contributed by atoms with Crippen molar-refractivity contribution < 1.29 is 19.1 Å². The molecule has 0 spiro atoms. The minimum absolute atomic E-state index is 0.196. The number of imide groups is 1. The molecule has 1 aliphatic rings. The second-order valence-electron chi connectivity index (χ2n) is 3.94. The summed E-state index contributed by atoms with van der Waals surface area (Å²) in [6.07, 6.45) is 0.807. The van der Waals surface area contributed by atoms with Gasteiger partial charge in [0.05, 0.1) is 5.69 Å². The molecule has 1 aromatic carbocycles. The van der Waals surface area contributed by atoms with Crippen molar-refractivity contribution in [1.82, 2.24) is 0 Å². The van der Waals surface area contributed by atoms with E-state index in [1.54, 1.807) is 31.2 Å². The second-order valence-corrected chi connectivity index (χ2v) is 3.94. The maximum absolute atomic E-state index is 11.5. The van der Waals surface area contributed by atoms with Gasteiger partial charge in [0.15, 0.2) is 0 Å². The van der Waals surface area contributed by atoms with Crippen LogP contribution in [0.2, 0.25) is 0 Å². The molecule has 18 heavy (non-hydrogen) atoms. The predicted molar refractivity (Wildman–Crippen MR) is 64.1 cm³/mol. The molecule has 0 radical (unpaired) electrons. The van der Waals surface area contributed by atoms with Crippen LogP contribution in [0, 0.1) is 0 Å². The van der Waals surface area contributed by atoms with Crippen LogP contribution >= 0.6 is 0 Å². The molecule has 1 aromatic rings. The van der Waals surface area contributed by atoms with Crippen LogP contribution in [-0.4, -0.2) is 17.8 Å². The molecule has 1 aliphatic heterocycles. The summed E-state index contributed by atoms with van der Waals surface area (Å²) in [5.74, 6) is -0.308. The van der Waals surface area contributed by atoms with Crippen molar-refractivity contribution in [3.8, 4) is 5.75 Å². The van der Waals surface area contributed by atoms with E-state index in [1.165, 1.54) is 0 Å². The zero-order chi connectivity index (χ0) is 13.1. The zero-order valence-electron chi connectivity index (χ0n) is 10.0. The predicted octanol–water partition coefficient (Wildman–Crippen LogP) is 1.66. The number of esters is 1. The van der Waals surface area contributed by atoms with E-state index in [-0.39, 0.29) is 30.6 Å². The number of amides is 2. The molecule has 0 unspecified atom stereocenters. The largest absolute Gasteiger partial charge is 0.427 e. The fourth-order valence-corrected chi connectivity index (χ4v) is 1.73. The van der Waals surface area contributed by atoms with E-state index in [0.717, 1.165) is 4.90 Å². The molecule has 94 valence electrons. The number of benzene rings is 1. The van der Waals surface area contributed by atoms with Crippen molar-refractivity contribution in [2.75, 3.05) is 4.90 Å². The Morgan fingerprint density at radius 3 is 2.22 bits per heavy atom.